The van der Waals surface area contributed by atoms with Gasteiger partial charge in [0.05, 0.1) is 27.6 Å². The van der Waals surface area contributed by atoms with Crippen molar-refractivity contribution in [3.8, 4) is 0 Å². The number of benzene rings is 1. The standard InChI is InChI=1S/C19H15Cl4NO5/c1-8(25)9-5-4-6-10(7-9)24-15(26)11-12(16(24)27)18(23)14(21)13(20)17(11,22)19(18,28-2)29-3/h4-7,11-12H,1-3H3/t11-,12-,17-,18-/m0/s1. The zero-order valence-electron chi connectivity index (χ0n) is 15.5. The lowest BCUT2D eigenvalue weighted by Crippen LogP contribution is -2.60. The molecule has 0 unspecified atom stereocenters. The molecule has 29 heavy (non-hydrogen) atoms. The van der Waals surface area contributed by atoms with Crippen molar-refractivity contribution in [2.75, 3.05) is 19.1 Å². The van der Waals surface area contributed by atoms with Crippen molar-refractivity contribution < 1.29 is 23.9 Å². The number of ether oxygens (including phenoxy) is 2. The number of anilines is 1. The Morgan fingerprint density at radius 3 is 1.90 bits per heavy atom. The molecular weight excluding hydrogens is 464 g/mol. The molecule has 1 aromatic rings. The number of hydrogen-bond acceptors (Lipinski definition) is 5. The van der Waals surface area contributed by atoms with Crippen LogP contribution in [-0.4, -0.2) is 47.4 Å². The molecule has 6 nitrogen and oxygen atoms in total. The molecule has 1 saturated carbocycles. The summed E-state index contributed by atoms with van der Waals surface area (Å²) >= 11 is 26.6. The molecule has 2 aliphatic carbocycles. The zero-order chi connectivity index (χ0) is 21.5. The van der Waals surface area contributed by atoms with Gasteiger partial charge in [-0.15, -0.1) is 23.2 Å². The predicted molar refractivity (Wildman–Crippen MR) is 109 cm³/mol. The molecule has 2 bridgehead atoms. The van der Waals surface area contributed by atoms with Gasteiger partial charge in [0.2, 0.25) is 17.6 Å². The van der Waals surface area contributed by atoms with E-state index in [-0.39, 0.29) is 21.5 Å². The van der Waals surface area contributed by atoms with Crippen molar-refractivity contribution >= 4 is 69.7 Å². The molecule has 0 N–H and O–H groups in total. The van der Waals surface area contributed by atoms with E-state index in [4.69, 9.17) is 55.9 Å². The van der Waals surface area contributed by atoms with Crippen molar-refractivity contribution in [1.82, 2.24) is 0 Å². The Kier molecular flexibility index (Phi) is 4.67. The van der Waals surface area contributed by atoms with Gasteiger partial charge in [-0.25, -0.2) is 4.90 Å². The minimum atomic E-state index is -1.83. The van der Waals surface area contributed by atoms with Crippen LogP contribution in [0.3, 0.4) is 0 Å². The topological polar surface area (TPSA) is 72.9 Å². The van der Waals surface area contributed by atoms with E-state index >= 15 is 0 Å². The van der Waals surface area contributed by atoms with Gasteiger partial charge in [0.1, 0.15) is 9.75 Å². The van der Waals surface area contributed by atoms with Crippen LogP contribution in [-0.2, 0) is 19.1 Å². The van der Waals surface area contributed by atoms with Crippen LogP contribution < -0.4 is 4.90 Å². The van der Waals surface area contributed by atoms with Crippen molar-refractivity contribution in [3.05, 3.63) is 39.9 Å². The Bertz CT molecular complexity index is 960. The summed E-state index contributed by atoms with van der Waals surface area (Å²) in [6, 6.07) is 6.17. The molecule has 0 aromatic heterocycles. The number of carbonyl (C=O) groups excluding carboxylic acids is 3. The van der Waals surface area contributed by atoms with Gasteiger partial charge in [-0.1, -0.05) is 35.3 Å². The normalized spacial score (nSPS) is 34.9. The summed E-state index contributed by atoms with van der Waals surface area (Å²) < 4.78 is 11.1. The van der Waals surface area contributed by atoms with E-state index in [0.717, 1.165) is 4.90 Å². The molecule has 1 heterocycles. The van der Waals surface area contributed by atoms with Crippen molar-refractivity contribution in [1.29, 1.82) is 0 Å². The second kappa shape index (κ2) is 6.42. The van der Waals surface area contributed by atoms with Crippen LogP contribution in [0.25, 0.3) is 0 Å². The molecule has 3 aliphatic rings. The summed E-state index contributed by atoms with van der Waals surface area (Å²) in [4.78, 5) is 35.9. The highest BCUT2D eigenvalue weighted by molar-refractivity contribution is 6.54. The minimum absolute atomic E-state index is 0.0960. The molecule has 2 fully saturated rings. The van der Waals surface area contributed by atoms with Crippen LogP contribution in [0.2, 0.25) is 0 Å². The predicted octanol–water partition coefficient (Wildman–Crippen LogP) is 3.66. The number of nitrogens with zero attached hydrogens (tertiary/aromatic N) is 1. The summed E-state index contributed by atoms with van der Waals surface area (Å²) in [5, 5.41) is -0.192. The number of fused-ring (bicyclic) bond motifs is 5. The van der Waals surface area contributed by atoms with E-state index in [1.54, 1.807) is 18.2 Å². The van der Waals surface area contributed by atoms with E-state index in [9.17, 15) is 14.4 Å². The SMILES string of the molecule is COC1(OC)[C@@]2(Cl)C(Cl)=C(Cl)[C@@]1(Cl)[C@@H]1C(=O)N(c3cccc(C(C)=O)c3)C(=O)[C@H]12. The summed E-state index contributed by atoms with van der Waals surface area (Å²) in [6.07, 6.45) is 0. The van der Waals surface area contributed by atoms with Crippen LogP contribution in [0.5, 0.6) is 0 Å². The van der Waals surface area contributed by atoms with Crippen LogP contribution >= 0.6 is 46.4 Å². The van der Waals surface area contributed by atoms with Gasteiger partial charge in [-0.05, 0) is 19.1 Å². The van der Waals surface area contributed by atoms with E-state index in [0.29, 0.717) is 5.56 Å². The Morgan fingerprint density at radius 1 is 1.00 bits per heavy atom. The number of imide groups is 1. The maximum atomic E-state index is 13.4. The molecule has 10 heteroatoms. The molecule has 1 saturated heterocycles. The molecule has 4 atom stereocenters. The van der Waals surface area contributed by atoms with Gasteiger partial charge < -0.3 is 9.47 Å². The number of carbonyl (C=O) groups is 3. The summed E-state index contributed by atoms with van der Waals surface area (Å²) in [7, 11) is 2.59. The third kappa shape index (κ3) is 2.10. The molecule has 2 amide bonds. The Labute approximate surface area is 186 Å². The molecule has 4 rings (SSSR count). The second-order valence-corrected chi connectivity index (χ2v) is 9.10. The molecule has 154 valence electrons. The fourth-order valence-corrected chi connectivity index (χ4v) is 6.98. The van der Waals surface area contributed by atoms with Gasteiger partial charge >= 0.3 is 0 Å². The van der Waals surface area contributed by atoms with E-state index in [1.807, 2.05) is 0 Å². The van der Waals surface area contributed by atoms with E-state index in [1.165, 1.54) is 27.2 Å². The molecule has 1 aliphatic heterocycles. The summed E-state index contributed by atoms with van der Waals surface area (Å²) in [6.45, 7) is 1.39. The quantitative estimate of drug-likeness (QED) is 0.286. The van der Waals surface area contributed by atoms with Crippen molar-refractivity contribution in [2.45, 2.75) is 22.5 Å². The van der Waals surface area contributed by atoms with Gasteiger partial charge in [-0.2, -0.15) is 0 Å². The average Bonchev–Trinajstić information content (AvgIpc) is 3.12. The first kappa shape index (κ1) is 21.1. The summed E-state index contributed by atoms with van der Waals surface area (Å²) in [5.74, 6) is -5.64. The van der Waals surface area contributed by atoms with E-state index in [2.05, 4.69) is 0 Å². The number of rotatable bonds is 4. The van der Waals surface area contributed by atoms with Crippen molar-refractivity contribution in [2.24, 2.45) is 11.8 Å². The van der Waals surface area contributed by atoms with Crippen LogP contribution in [0.15, 0.2) is 34.3 Å². The monoisotopic (exact) mass is 477 g/mol. The van der Waals surface area contributed by atoms with Gasteiger partial charge in [0.25, 0.3) is 0 Å². The highest BCUT2D eigenvalue weighted by atomic mass is 35.5. The fraction of sp³-hybridized carbons (Fsp3) is 0.421. The maximum Gasteiger partial charge on any atom is 0.240 e. The second-order valence-electron chi connectivity index (χ2n) is 7.15. The number of amides is 2. The fourth-order valence-electron chi connectivity index (χ4n) is 4.82. The molecular formula is C19H15Cl4NO5. The Morgan fingerprint density at radius 2 is 1.48 bits per heavy atom. The highest BCUT2D eigenvalue weighted by Gasteiger charge is 2.89. The number of methoxy groups -OCH3 is 2. The lowest BCUT2D eigenvalue weighted by molar-refractivity contribution is -0.221. The largest absolute Gasteiger partial charge is 0.350 e. The van der Waals surface area contributed by atoms with Gasteiger partial charge in [0.15, 0.2) is 5.78 Å². The lowest BCUT2D eigenvalue weighted by Gasteiger charge is -2.42. The number of Topliss-reactive ketones (excluding diaryl/α,β-unsaturated/α-hetero) is 1. The number of halogens is 4. The lowest BCUT2D eigenvalue weighted by atomic mass is 9.84. The zero-order valence-corrected chi connectivity index (χ0v) is 18.5. The van der Waals surface area contributed by atoms with E-state index < -0.39 is 39.2 Å². The average molecular weight is 479 g/mol. The molecule has 1 aromatic carbocycles. The van der Waals surface area contributed by atoms with Crippen LogP contribution in [0.1, 0.15) is 17.3 Å². The maximum absolute atomic E-state index is 13.4. The minimum Gasteiger partial charge on any atom is -0.350 e. The number of alkyl halides is 2. The molecule has 0 radical (unpaired) electrons. The first-order valence-electron chi connectivity index (χ1n) is 8.57. The Hall–Kier alpha value is -1.15. The smallest absolute Gasteiger partial charge is 0.240 e. The molecule has 0 spiro atoms. The van der Waals surface area contributed by atoms with Crippen LogP contribution in [0.4, 0.5) is 5.69 Å². The highest BCUT2D eigenvalue weighted by Crippen LogP contribution is 2.75. The number of hydrogen-bond donors (Lipinski definition) is 0. The first-order valence-corrected chi connectivity index (χ1v) is 10.1. The summed E-state index contributed by atoms with van der Waals surface area (Å²) in [5.41, 5.74) is 0.580. The van der Waals surface area contributed by atoms with Crippen LogP contribution in [0, 0.1) is 11.8 Å². The van der Waals surface area contributed by atoms with Gasteiger partial charge in [0, 0.05) is 19.8 Å². The first-order chi connectivity index (χ1) is 13.5. The van der Waals surface area contributed by atoms with Crippen molar-refractivity contribution in [3.63, 3.8) is 0 Å². The number of ketones is 1. The van der Waals surface area contributed by atoms with Gasteiger partial charge in [-0.3, -0.25) is 14.4 Å². The Balaban J connectivity index is 1.91. The third-order valence-corrected chi connectivity index (χ3v) is 8.65. The third-order valence-electron chi connectivity index (χ3n) is 6.04.